The van der Waals surface area contributed by atoms with Crippen molar-refractivity contribution in [3.8, 4) is 0 Å². The molecule has 0 aliphatic rings. The molecule has 70 valence electrons. The second kappa shape index (κ2) is 3.62. The first-order valence-corrected chi connectivity index (χ1v) is 4.82. The number of fused-ring (bicyclic) bond motifs is 1. The molecule has 0 atom stereocenters. The third-order valence-corrected chi connectivity index (χ3v) is 2.51. The maximum absolute atomic E-state index is 10.8. The molecule has 0 fully saturated rings. The van der Waals surface area contributed by atoms with E-state index in [9.17, 15) is 4.79 Å². The molecule has 0 spiro atoms. The minimum atomic E-state index is 0.769. The van der Waals surface area contributed by atoms with Gasteiger partial charge in [-0.2, -0.15) is 0 Å². The van der Waals surface area contributed by atoms with Crippen LogP contribution >= 0.6 is 0 Å². The molecule has 0 N–H and O–H groups in total. The third-order valence-electron chi connectivity index (χ3n) is 2.51. The summed E-state index contributed by atoms with van der Waals surface area (Å²) in [4.78, 5) is 10.8. The lowest BCUT2D eigenvalue weighted by Gasteiger charge is -2.02. The summed E-state index contributed by atoms with van der Waals surface area (Å²) >= 11 is 0. The Bertz CT molecular complexity index is 472. The molecule has 0 bridgehead atoms. The van der Waals surface area contributed by atoms with Crippen LogP contribution in [0.4, 0.5) is 0 Å². The van der Waals surface area contributed by atoms with Crippen LogP contribution in [-0.2, 0) is 6.42 Å². The first-order chi connectivity index (χ1) is 6.85. The van der Waals surface area contributed by atoms with Crippen LogP contribution in [0.3, 0.4) is 0 Å². The highest BCUT2D eigenvalue weighted by atomic mass is 16.1. The molecule has 0 heterocycles. The van der Waals surface area contributed by atoms with Crippen LogP contribution in [0.15, 0.2) is 36.4 Å². The first-order valence-electron chi connectivity index (χ1n) is 4.82. The lowest BCUT2D eigenvalue weighted by Crippen LogP contribution is -1.85. The van der Waals surface area contributed by atoms with Crippen molar-refractivity contribution in [2.45, 2.75) is 13.3 Å². The molecule has 0 unspecified atom stereocenters. The van der Waals surface area contributed by atoms with E-state index < -0.39 is 0 Å². The third kappa shape index (κ3) is 1.41. The van der Waals surface area contributed by atoms with Crippen molar-refractivity contribution < 1.29 is 4.79 Å². The lowest BCUT2D eigenvalue weighted by atomic mass is 10.0. The van der Waals surface area contributed by atoms with Crippen LogP contribution in [0.25, 0.3) is 10.8 Å². The maximum Gasteiger partial charge on any atom is 0.150 e. The molecule has 0 radical (unpaired) electrons. The van der Waals surface area contributed by atoms with E-state index in [0.29, 0.717) is 0 Å². The summed E-state index contributed by atoms with van der Waals surface area (Å²) in [7, 11) is 0. The van der Waals surface area contributed by atoms with Gasteiger partial charge in [-0.25, -0.2) is 0 Å². The second-order valence-corrected chi connectivity index (χ2v) is 3.37. The molecule has 1 nitrogen and oxygen atoms in total. The molecule has 2 aromatic carbocycles. The second-order valence-electron chi connectivity index (χ2n) is 3.37. The molecule has 2 rings (SSSR count). The highest BCUT2D eigenvalue weighted by Gasteiger charge is 1.99. The van der Waals surface area contributed by atoms with E-state index >= 15 is 0 Å². The molecule has 0 amide bonds. The van der Waals surface area contributed by atoms with Crippen molar-refractivity contribution in [1.82, 2.24) is 0 Å². The summed E-state index contributed by atoms with van der Waals surface area (Å²) in [6.07, 6.45) is 1.94. The van der Waals surface area contributed by atoms with Gasteiger partial charge in [0.2, 0.25) is 0 Å². The normalized spacial score (nSPS) is 10.4. The van der Waals surface area contributed by atoms with Crippen molar-refractivity contribution in [3.63, 3.8) is 0 Å². The molecule has 0 aliphatic heterocycles. The van der Waals surface area contributed by atoms with Crippen molar-refractivity contribution in [2.75, 3.05) is 0 Å². The Morgan fingerprint density at radius 2 is 2.07 bits per heavy atom. The molecule has 0 saturated heterocycles. The monoisotopic (exact) mass is 184 g/mol. The average molecular weight is 184 g/mol. The van der Waals surface area contributed by atoms with Crippen molar-refractivity contribution in [2.24, 2.45) is 0 Å². The predicted molar refractivity (Wildman–Crippen MR) is 58.7 cm³/mol. The fourth-order valence-corrected chi connectivity index (χ4v) is 1.68. The maximum atomic E-state index is 10.8. The number of rotatable bonds is 2. The van der Waals surface area contributed by atoms with Crippen LogP contribution in [0.1, 0.15) is 22.8 Å². The van der Waals surface area contributed by atoms with Gasteiger partial charge in [-0.15, -0.1) is 0 Å². The molecule has 0 saturated carbocycles. The molecule has 0 aliphatic carbocycles. The Morgan fingerprint density at radius 3 is 2.79 bits per heavy atom. The van der Waals surface area contributed by atoms with E-state index in [1.807, 2.05) is 24.3 Å². The minimum absolute atomic E-state index is 0.769. The molecule has 0 aromatic heterocycles. The van der Waals surface area contributed by atoms with Gasteiger partial charge in [0, 0.05) is 5.56 Å². The molecular weight excluding hydrogens is 172 g/mol. The van der Waals surface area contributed by atoms with E-state index in [2.05, 4.69) is 19.1 Å². The number of aldehydes is 1. The Kier molecular flexibility index (Phi) is 2.32. The van der Waals surface area contributed by atoms with Crippen LogP contribution in [0.2, 0.25) is 0 Å². The fraction of sp³-hybridized carbons (Fsp3) is 0.154. The molecule has 2 aromatic rings. The highest BCUT2D eigenvalue weighted by Crippen LogP contribution is 2.19. The summed E-state index contributed by atoms with van der Waals surface area (Å²) in [6.45, 7) is 2.13. The van der Waals surface area contributed by atoms with E-state index in [0.717, 1.165) is 29.0 Å². The average Bonchev–Trinajstić information content (AvgIpc) is 2.27. The quantitative estimate of drug-likeness (QED) is 0.655. The summed E-state index contributed by atoms with van der Waals surface area (Å²) in [5, 5.41) is 2.19. The number of hydrogen-bond donors (Lipinski definition) is 0. The van der Waals surface area contributed by atoms with Crippen LogP contribution in [0.5, 0.6) is 0 Å². The van der Waals surface area contributed by atoms with Gasteiger partial charge in [0.15, 0.2) is 6.29 Å². The van der Waals surface area contributed by atoms with Gasteiger partial charge < -0.3 is 0 Å². The molecular formula is C13H12O. The Labute approximate surface area is 83.4 Å². The number of carbonyl (C=O) groups is 1. The van der Waals surface area contributed by atoms with Gasteiger partial charge in [-0.3, -0.25) is 4.79 Å². The first kappa shape index (κ1) is 8.95. The Hall–Kier alpha value is -1.63. The lowest BCUT2D eigenvalue weighted by molar-refractivity contribution is 0.112. The van der Waals surface area contributed by atoms with Gasteiger partial charge in [0.25, 0.3) is 0 Å². The fourth-order valence-electron chi connectivity index (χ4n) is 1.68. The number of benzene rings is 2. The predicted octanol–water partition coefficient (Wildman–Crippen LogP) is 3.21. The zero-order valence-corrected chi connectivity index (χ0v) is 8.16. The van der Waals surface area contributed by atoms with Gasteiger partial charge >= 0.3 is 0 Å². The molecule has 1 heteroatoms. The SMILES string of the molecule is CCc1ccc2c(C=O)cccc2c1. The van der Waals surface area contributed by atoms with E-state index in [1.165, 1.54) is 5.56 Å². The van der Waals surface area contributed by atoms with Crippen LogP contribution in [-0.4, -0.2) is 6.29 Å². The van der Waals surface area contributed by atoms with Gasteiger partial charge in [-0.1, -0.05) is 43.3 Å². The van der Waals surface area contributed by atoms with Crippen molar-refractivity contribution >= 4 is 17.1 Å². The highest BCUT2D eigenvalue weighted by molar-refractivity contribution is 5.98. The number of hydrogen-bond acceptors (Lipinski definition) is 1. The van der Waals surface area contributed by atoms with Gasteiger partial charge in [0.1, 0.15) is 0 Å². The largest absolute Gasteiger partial charge is 0.298 e. The van der Waals surface area contributed by atoms with Gasteiger partial charge in [0.05, 0.1) is 0 Å². The number of aryl methyl sites for hydroxylation is 1. The Morgan fingerprint density at radius 1 is 1.21 bits per heavy atom. The summed E-state index contributed by atoms with van der Waals surface area (Å²) in [5.41, 5.74) is 2.07. The summed E-state index contributed by atoms with van der Waals surface area (Å²) in [5.74, 6) is 0. The van der Waals surface area contributed by atoms with Crippen molar-refractivity contribution in [3.05, 3.63) is 47.5 Å². The summed E-state index contributed by atoms with van der Waals surface area (Å²) < 4.78 is 0. The van der Waals surface area contributed by atoms with E-state index in [1.54, 1.807) is 0 Å². The smallest absolute Gasteiger partial charge is 0.150 e. The minimum Gasteiger partial charge on any atom is -0.298 e. The zero-order valence-electron chi connectivity index (χ0n) is 8.16. The summed E-state index contributed by atoms with van der Waals surface area (Å²) in [6, 6.07) is 12.1. The van der Waals surface area contributed by atoms with Gasteiger partial charge in [-0.05, 0) is 22.8 Å². The zero-order chi connectivity index (χ0) is 9.97. The van der Waals surface area contributed by atoms with E-state index in [-0.39, 0.29) is 0 Å². The van der Waals surface area contributed by atoms with E-state index in [4.69, 9.17) is 0 Å². The Balaban J connectivity index is 2.73. The van der Waals surface area contributed by atoms with Crippen LogP contribution in [0, 0.1) is 0 Å². The number of carbonyl (C=O) groups excluding carboxylic acids is 1. The molecule has 14 heavy (non-hydrogen) atoms. The van der Waals surface area contributed by atoms with Crippen molar-refractivity contribution in [1.29, 1.82) is 0 Å². The van der Waals surface area contributed by atoms with Crippen LogP contribution < -0.4 is 0 Å². The standard InChI is InChI=1S/C13H12O/c1-2-10-6-7-13-11(8-10)4-3-5-12(13)9-14/h3-9H,2H2,1H3. The topological polar surface area (TPSA) is 17.1 Å².